The fourth-order valence-corrected chi connectivity index (χ4v) is 5.43. The maximum Gasteiger partial charge on any atom is 0.311 e. The van der Waals surface area contributed by atoms with Gasteiger partial charge in [-0.25, -0.2) is 0 Å². The Bertz CT molecular complexity index is 846. The molecule has 0 bridgehead atoms. The number of fused-ring (bicyclic) bond motifs is 1. The van der Waals surface area contributed by atoms with E-state index in [0.29, 0.717) is 32.2 Å². The van der Waals surface area contributed by atoms with Gasteiger partial charge in [0, 0.05) is 25.3 Å². The Morgan fingerprint density at radius 3 is 2.63 bits per heavy atom. The first-order chi connectivity index (χ1) is 16.6. The van der Waals surface area contributed by atoms with E-state index < -0.39 is 17.6 Å². The number of hydrogen-bond acceptors (Lipinski definition) is 6. The highest BCUT2D eigenvalue weighted by atomic mass is 16.6. The largest absolute Gasteiger partial charge is 0.462 e. The van der Waals surface area contributed by atoms with Crippen molar-refractivity contribution in [2.75, 3.05) is 6.54 Å². The first kappa shape index (κ1) is 27.4. The number of aliphatic hydroxyl groups is 1. The van der Waals surface area contributed by atoms with Crippen molar-refractivity contribution in [1.29, 1.82) is 0 Å². The van der Waals surface area contributed by atoms with E-state index in [1.165, 1.54) is 0 Å². The van der Waals surface area contributed by atoms with Gasteiger partial charge in [-0.1, -0.05) is 39.0 Å². The van der Waals surface area contributed by atoms with Crippen molar-refractivity contribution >= 4 is 17.8 Å². The highest BCUT2D eigenvalue weighted by Crippen LogP contribution is 2.46. The maximum atomic E-state index is 13.1. The summed E-state index contributed by atoms with van der Waals surface area (Å²) < 4.78 is 11.7. The summed E-state index contributed by atoms with van der Waals surface area (Å²) in [4.78, 5) is 37.8. The monoisotopic (exact) mass is 489 g/mol. The lowest BCUT2D eigenvalue weighted by molar-refractivity contribution is -0.166. The molecule has 1 heterocycles. The van der Waals surface area contributed by atoms with Crippen molar-refractivity contribution < 1.29 is 29.0 Å². The smallest absolute Gasteiger partial charge is 0.311 e. The Labute approximate surface area is 209 Å². The first-order valence-corrected chi connectivity index (χ1v) is 13.3. The number of carbonyl (C=O) groups excluding carboxylic acids is 3. The number of esters is 2. The first-order valence-electron chi connectivity index (χ1n) is 13.3. The van der Waals surface area contributed by atoms with Crippen LogP contribution in [0, 0.1) is 29.1 Å². The number of hydrogen-bond donors (Lipinski definition) is 2. The van der Waals surface area contributed by atoms with Crippen LogP contribution in [0.5, 0.6) is 0 Å². The van der Waals surface area contributed by atoms with Crippen molar-refractivity contribution in [2.24, 2.45) is 29.1 Å². The van der Waals surface area contributed by atoms with Crippen LogP contribution in [0.4, 0.5) is 0 Å². The van der Waals surface area contributed by atoms with Crippen LogP contribution in [0.15, 0.2) is 23.8 Å². The number of amides is 1. The van der Waals surface area contributed by atoms with Gasteiger partial charge in [0.25, 0.3) is 0 Å². The molecule has 0 spiro atoms. The van der Waals surface area contributed by atoms with Gasteiger partial charge in [0.2, 0.25) is 5.91 Å². The number of cyclic esters (lactones) is 1. The zero-order chi connectivity index (χ0) is 25.8. The lowest BCUT2D eigenvalue weighted by Crippen LogP contribution is -2.45. The average Bonchev–Trinajstić information content (AvgIpc) is 2.81. The van der Waals surface area contributed by atoms with Gasteiger partial charge in [-0.15, -0.1) is 0 Å². The molecule has 3 rings (SSSR count). The number of allylic oxidation sites excluding steroid dienone is 2. The van der Waals surface area contributed by atoms with Gasteiger partial charge in [-0.05, 0) is 56.9 Å². The minimum absolute atomic E-state index is 0.0222. The molecule has 3 aliphatic rings. The Morgan fingerprint density at radius 2 is 1.97 bits per heavy atom. The van der Waals surface area contributed by atoms with Gasteiger partial charge in [0.05, 0.1) is 23.9 Å². The van der Waals surface area contributed by atoms with Gasteiger partial charge >= 0.3 is 11.9 Å². The Kier molecular flexibility index (Phi) is 9.19. The summed E-state index contributed by atoms with van der Waals surface area (Å²) in [6, 6.07) is 0. The number of ether oxygens (including phenoxy) is 2. The molecule has 1 amide bonds. The molecule has 0 aromatic carbocycles. The Morgan fingerprint density at radius 1 is 1.23 bits per heavy atom. The van der Waals surface area contributed by atoms with Gasteiger partial charge in [0.1, 0.15) is 12.2 Å². The summed E-state index contributed by atoms with van der Waals surface area (Å²) in [7, 11) is 0. The molecule has 35 heavy (non-hydrogen) atoms. The predicted molar refractivity (Wildman–Crippen MR) is 133 cm³/mol. The summed E-state index contributed by atoms with van der Waals surface area (Å²) in [6.45, 7) is 10.6. The molecule has 7 heteroatoms. The molecule has 2 aliphatic carbocycles. The molecular weight excluding hydrogens is 446 g/mol. The average molecular weight is 490 g/mol. The molecule has 0 aromatic heterocycles. The maximum absolute atomic E-state index is 13.1. The number of nitrogens with one attached hydrogen (secondary N) is 1. The van der Waals surface area contributed by atoms with Crippen LogP contribution in [-0.2, 0) is 23.9 Å². The second kappa shape index (κ2) is 11.7. The minimum atomic E-state index is -0.651. The predicted octanol–water partition coefficient (Wildman–Crippen LogP) is 4.09. The van der Waals surface area contributed by atoms with Gasteiger partial charge in [0.15, 0.2) is 0 Å². The van der Waals surface area contributed by atoms with Crippen molar-refractivity contribution in [1.82, 2.24) is 5.32 Å². The topological polar surface area (TPSA) is 102 Å². The van der Waals surface area contributed by atoms with E-state index >= 15 is 0 Å². The van der Waals surface area contributed by atoms with Crippen molar-refractivity contribution in [3.63, 3.8) is 0 Å². The fourth-order valence-electron chi connectivity index (χ4n) is 5.43. The molecule has 1 aliphatic heterocycles. The number of aliphatic hydroxyl groups excluding tert-OH is 1. The van der Waals surface area contributed by atoms with E-state index in [1.54, 1.807) is 0 Å². The summed E-state index contributed by atoms with van der Waals surface area (Å²) in [5.74, 6) is -0.560. The van der Waals surface area contributed by atoms with Crippen molar-refractivity contribution in [3.05, 3.63) is 23.8 Å². The Hall–Kier alpha value is -2.15. The zero-order valence-corrected chi connectivity index (χ0v) is 21.9. The van der Waals surface area contributed by atoms with E-state index in [0.717, 1.165) is 18.4 Å². The summed E-state index contributed by atoms with van der Waals surface area (Å²) in [5.41, 5.74) is 0.447. The highest BCUT2D eigenvalue weighted by Gasteiger charge is 2.45. The van der Waals surface area contributed by atoms with E-state index in [1.807, 2.05) is 33.8 Å². The molecule has 1 saturated heterocycles. The quantitative estimate of drug-likeness (QED) is 0.473. The molecule has 196 valence electrons. The molecule has 7 nitrogen and oxygen atoms in total. The molecule has 0 aromatic rings. The second-order valence-electron chi connectivity index (χ2n) is 11.2. The van der Waals surface area contributed by atoms with E-state index in [9.17, 15) is 19.5 Å². The standard InChI is InChI=1S/C28H43NO6/c1-6-12-29-26(32)19-13-18-9-8-17(3)22(11-10-21-15-20(30)16-24(31)34-21)25(18)23(14-19)35-27(33)28(4,5)7-2/h8-9,13,17,19-23,25,30H,6-7,10-12,14-16H2,1-5H3,(H,29,32)/t17-,19+,20+,21+,22-,23-,25-/m0/s1. The highest BCUT2D eigenvalue weighted by molar-refractivity contribution is 5.81. The third-order valence-electron chi connectivity index (χ3n) is 8.03. The minimum Gasteiger partial charge on any atom is -0.462 e. The van der Waals surface area contributed by atoms with E-state index in [4.69, 9.17) is 9.47 Å². The van der Waals surface area contributed by atoms with Crippen LogP contribution in [-0.4, -0.2) is 47.8 Å². The lowest BCUT2D eigenvalue weighted by Gasteiger charge is -2.44. The van der Waals surface area contributed by atoms with Crippen LogP contribution in [0.25, 0.3) is 0 Å². The third-order valence-corrected chi connectivity index (χ3v) is 8.03. The number of rotatable bonds is 9. The number of carbonyl (C=O) groups is 3. The molecule has 0 unspecified atom stereocenters. The normalized spacial score (nSPS) is 32.8. The van der Waals surface area contributed by atoms with Gasteiger partial charge < -0.3 is 19.9 Å². The van der Waals surface area contributed by atoms with Crippen LogP contribution in [0.3, 0.4) is 0 Å². The molecule has 7 atom stereocenters. The second-order valence-corrected chi connectivity index (χ2v) is 11.2. The van der Waals surface area contributed by atoms with Crippen molar-refractivity contribution in [2.45, 2.75) is 97.9 Å². The summed E-state index contributed by atoms with van der Waals surface area (Å²) in [6.07, 6.45) is 8.87. The van der Waals surface area contributed by atoms with Crippen molar-refractivity contribution in [3.8, 4) is 0 Å². The molecule has 0 saturated carbocycles. The van der Waals surface area contributed by atoms with E-state index in [2.05, 4.69) is 24.4 Å². The van der Waals surface area contributed by atoms with E-state index in [-0.39, 0.29) is 54.0 Å². The van der Waals surface area contributed by atoms with Crippen LogP contribution < -0.4 is 5.32 Å². The third kappa shape index (κ3) is 6.75. The van der Waals surface area contributed by atoms with Gasteiger partial charge in [-0.2, -0.15) is 0 Å². The van der Waals surface area contributed by atoms with Crippen LogP contribution in [0.2, 0.25) is 0 Å². The zero-order valence-electron chi connectivity index (χ0n) is 21.9. The molecule has 1 fully saturated rings. The van der Waals surface area contributed by atoms with Crippen LogP contribution >= 0.6 is 0 Å². The molecular formula is C28H43NO6. The molecule has 0 radical (unpaired) electrons. The lowest BCUT2D eigenvalue weighted by atomic mass is 9.65. The fraction of sp³-hybridized carbons (Fsp3) is 0.750. The Balaban J connectivity index is 1.84. The van der Waals surface area contributed by atoms with Crippen LogP contribution in [0.1, 0.15) is 79.6 Å². The SMILES string of the molecule is CCCNC(=O)[C@@H]1C=C2C=C[C@H](C)[C@H](CC[C@@H]3C[C@@H](O)CC(=O)O3)[C@H]2[C@@H](OC(=O)C(C)(C)CC)C1. The summed E-state index contributed by atoms with van der Waals surface area (Å²) in [5, 5.41) is 13.0. The summed E-state index contributed by atoms with van der Waals surface area (Å²) >= 11 is 0. The molecule has 2 N–H and O–H groups in total. The van der Waals surface area contributed by atoms with Gasteiger partial charge in [-0.3, -0.25) is 14.4 Å².